The van der Waals surface area contributed by atoms with Crippen molar-refractivity contribution in [1.82, 2.24) is 14.5 Å². The van der Waals surface area contributed by atoms with Crippen LogP contribution in [0.1, 0.15) is 53.8 Å². The van der Waals surface area contributed by atoms with Gasteiger partial charge >= 0.3 is 0 Å². The quantitative estimate of drug-likeness (QED) is 0.197. The van der Waals surface area contributed by atoms with Crippen molar-refractivity contribution in [2.75, 3.05) is 19.6 Å². The molecule has 1 aliphatic rings. The first-order chi connectivity index (χ1) is 17.0. The minimum absolute atomic E-state index is 0.0167. The van der Waals surface area contributed by atoms with Crippen molar-refractivity contribution in [3.8, 4) is 0 Å². The number of hydrogen-bond acceptors (Lipinski definition) is 7. The minimum atomic E-state index is -4.23. The van der Waals surface area contributed by atoms with Gasteiger partial charge in [-0.2, -0.15) is 4.31 Å². The van der Waals surface area contributed by atoms with E-state index in [1.807, 2.05) is 0 Å². The molecule has 1 atom stereocenters. The number of amides is 3. The van der Waals surface area contributed by atoms with Crippen LogP contribution in [0.3, 0.4) is 0 Å². The van der Waals surface area contributed by atoms with Crippen LogP contribution in [-0.2, 0) is 14.8 Å². The average Bonchev–Trinajstić information content (AvgIpc) is 3.07. The summed E-state index contributed by atoms with van der Waals surface area (Å²) < 4.78 is 28.0. The van der Waals surface area contributed by atoms with Crippen LogP contribution in [-0.4, -0.2) is 65.9 Å². The summed E-state index contributed by atoms with van der Waals surface area (Å²) in [4.78, 5) is 47.9. The maximum atomic E-state index is 13.4. The van der Waals surface area contributed by atoms with Gasteiger partial charge in [-0.3, -0.25) is 29.4 Å². The van der Waals surface area contributed by atoms with Gasteiger partial charge in [-0.25, -0.2) is 8.42 Å². The molecule has 2 aromatic rings. The monoisotopic (exact) mass is 516 g/mol. The Kier molecular flexibility index (Phi) is 8.53. The average molecular weight is 517 g/mol. The van der Waals surface area contributed by atoms with Crippen LogP contribution in [0.25, 0.3) is 0 Å². The van der Waals surface area contributed by atoms with E-state index in [4.69, 9.17) is 0 Å². The number of benzene rings is 2. The third-order valence-corrected chi connectivity index (χ3v) is 7.80. The van der Waals surface area contributed by atoms with Gasteiger partial charge in [0.2, 0.25) is 15.9 Å². The number of imide groups is 1. The Labute approximate surface area is 209 Å². The van der Waals surface area contributed by atoms with Crippen LogP contribution in [0.15, 0.2) is 53.4 Å². The summed E-state index contributed by atoms with van der Waals surface area (Å²) >= 11 is 0. The maximum Gasteiger partial charge on any atom is 0.289 e. The molecular weight excluding hydrogens is 488 g/mol. The normalized spacial score (nSPS) is 14.1. The standard InChI is InChI=1S/C24H28N4O7S/c1-17(25-18(2)29)13-16-26(36(34,35)22-12-6-5-11-21(22)28(32)33)14-7-8-15-27-23(30)19-9-3-4-10-20(19)24(27)31/h3-6,9-12,17H,7-8,13-16H2,1-2H3,(H,25,29)/t17-/m1/s1. The van der Waals surface area contributed by atoms with E-state index in [0.29, 0.717) is 24.0 Å². The number of nitro benzene ring substituents is 1. The Balaban J connectivity index is 1.72. The maximum absolute atomic E-state index is 13.4. The van der Waals surface area contributed by atoms with Crippen molar-refractivity contribution in [2.45, 2.75) is 44.0 Å². The number of fused-ring (bicyclic) bond motifs is 1. The molecule has 0 spiro atoms. The van der Waals surface area contributed by atoms with Crippen LogP contribution in [0.2, 0.25) is 0 Å². The molecule has 3 amide bonds. The highest BCUT2D eigenvalue weighted by molar-refractivity contribution is 7.89. The van der Waals surface area contributed by atoms with E-state index in [1.165, 1.54) is 25.1 Å². The number of nitro groups is 1. The molecule has 0 saturated carbocycles. The number of carbonyl (C=O) groups is 3. The van der Waals surface area contributed by atoms with Gasteiger partial charge in [-0.05, 0) is 44.4 Å². The summed E-state index contributed by atoms with van der Waals surface area (Å²) in [5, 5.41) is 14.1. The number of nitrogens with one attached hydrogen (secondary N) is 1. The first-order valence-corrected chi connectivity index (χ1v) is 12.9. The molecule has 0 fully saturated rings. The van der Waals surface area contributed by atoms with E-state index in [1.54, 1.807) is 31.2 Å². The lowest BCUT2D eigenvalue weighted by molar-refractivity contribution is -0.387. The topological polar surface area (TPSA) is 147 Å². The lowest BCUT2D eigenvalue weighted by Crippen LogP contribution is -2.38. The fourth-order valence-electron chi connectivity index (χ4n) is 4.07. The van der Waals surface area contributed by atoms with Gasteiger partial charge in [0.15, 0.2) is 4.90 Å². The van der Waals surface area contributed by atoms with Gasteiger partial charge in [0.1, 0.15) is 0 Å². The van der Waals surface area contributed by atoms with Crippen molar-refractivity contribution in [3.63, 3.8) is 0 Å². The van der Waals surface area contributed by atoms with Crippen LogP contribution >= 0.6 is 0 Å². The SMILES string of the molecule is CC(=O)N[C@H](C)CCN(CCCCN1C(=O)c2ccccc2C1=O)S(=O)(=O)c1ccccc1[N+](=O)[O-]. The van der Waals surface area contributed by atoms with Gasteiger partial charge < -0.3 is 5.32 Å². The molecule has 12 heteroatoms. The number of hydrogen-bond donors (Lipinski definition) is 1. The smallest absolute Gasteiger partial charge is 0.289 e. The molecule has 0 radical (unpaired) electrons. The first-order valence-electron chi connectivity index (χ1n) is 11.5. The van der Waals surface area contributed by atoms with Gasteiger partial charge in [0, 0.05) is 38.7 Å². The van der Waals surface area contributed by atoms with E-state index >= 15 is 0 Å². The zero-order chi connectivity index (χ0) is 26.5. The van der Waals surface area contributed by atoms with Crippen molar-refractivity contribution in [2.24, 2.45) is 0 Å². The second-order valence-electron chi connectivity index (χ2n) is 8.53. The van der Waals surface area contributed by atoms with Crippen molar-refractivity contribution >= 4 is 33.4 Å². The molecule has 1 heterocycles. The fourth-order valence-corrected chi connectivity index (χ4v) is 5.73. The van der Waals surface area contributed by atoms with E-state index in [-0.39, 0.29) is 49.8 Å². The molecule has 1 aliphatic heterocycles. The fraction of sp³-hybridized carbons (Fsp3) is 0.375. The summed E-state index contributed by atoms with van der Waals surface area (Å²) in [6.07, 6.45) is 0.940. The third kappa shape index (κ3) is 5.94. The highest BCUT2D eigenvalue weighted by Gasteiger charge is 2.35. The molecule has 3 rings (SSSR count). The Hall–Kier alpha value is -3.64. The lowest BCUT2D eigenvalue weighted by Gasteiger charge is -2.24. The van der Waals surface area contributed by atoms with Gasteiger partial charge in [-0.1, -0.05) is 24.3 Å². The van der Waals surface area contributed by atoms with Gasteiger partial charge in [0.25, 0.3) is 17.5 Å². The molecule has 0 bridgehead atoms. The second-order valence-corrected chi connectivity index (χ2v) is 10.4. The molecule has 1 N–H and O–H groups in total. The Morgan fingerprint density at radius 3 is 2.19 bits per heavy atom. The minimum Gasteiger partial charge on any atom is -0.354 e. The highest BCUT2D eigenvalue weighted by atomic mass is 32.2. The van der Waals surface area contributed by atoms with Crippen LogP contribution in [0.4, 0.5) is 5.69 Å². The number of para-hydroxylation sites is 1. The predicted octanol–water partition coefficient (Wildman–Crippen LogP) is 2.58. The lowest BCUT2D eigenvalue weighted by atomic mass is 10.1. The van der Waals surface area contributed by atoms with Crippen LogP contribution < -0.4 is 5.32 Å². The molecule has 0 aliphatic carbocycles. The summed E-state index contributed by atoms with van der Waals surface area (Å²) in [7, 11) is -4.23. The molecule has 0 saturated heterocycles. The molecule has 11 nitrogen and oxygen atoms in total. The largest absolute Gasteiger partial charge is 0.354 e. The van der Waals surface area contributed by atoms with Crippen LogP contribution in [0.5, 0.6) is 0 Å². The zero-order valence-electron chi connectivity index (χ0n) is 20.0. The summed E-state index contributed by atoms with van der Waals surface area (Å²) in [6.45, 7) is 3.25. The molecule has 0 unspecified atom stereocenters. The summed E-state index contributed by atoms with van der Waals surface area (Å²) in [5.74, 6) is -1.02. The highest BCUT2D eigenvalue weighted by Crippen LogP contribution is 2.27. The third-order valence-electron chi connectivity index (χ3n) is 5.86. The number of unbranched alkanes of at least 4 members (excludes halogenated alkanes) is 1. The predicted molar refractivity (Wildman–Crippen MR) is 131 cm³/mol. The molecule has 2 aromatic carbocycles. The van der Waals surface area contributed by atoms with E-state index in [0.717, 1.165) is 15.3 Å². The Morgan fingerprint density at radius 2 is 1.61 bits per heavy atom. The van der Waals surface area contributed by atoms with Crippen molar-refractivity contribution < 1.29 is 27.7 Å². The molecule has 0 aromatic heterocycles. The van der Waals surface area contributed by atoms with Crippen molar-refractivity contribution in [1.29, 1.82) is 0 Å². The summed E-state index contributed by atoms with van der Waals surface area (Å²) in [5.41, 5.74) is 0.161. The molecule has 36 heavy (non-hydrogen) atoms. The van der Waals surface area contributed by atoms with E-state index in [9.17, 15) is 32.9 Å². The van der Waals surface area contributed by atoms with E-state index in [2.05, 4.69) is 5.32 Å². The van der Waals surface area contributed by atoms with E-state index < -0.39 is 25.5 Å². The first kappa shape index (κ1) is 27.0. The van der Waals surface area contributed by atoms with Gasteiger partial charge in [0.05, 0.1) is 16.1 Å². The van der Waals surface area contributed by atoms with Crippen molar-refractivity contribution in [3.05, 3.63) is 69.8 Å². The number of sulfonamides is 1. The number of nitrogens with zero attached hydrogens (tertiary/aromatic N) is 3. The zero-order valence-corrected chi connectivity index (χ0v) is 20.9. The van der Waals surface area contributed by atoms with Gasteiger partial charge in [-0.15, -0.1) is 0 Å². The number of carbonyl (C=O) groups excluding carboxylic acids is 3. The molecular formula is C24H28N4O7S. The second kappa shape index (κ2) is 11.4. The molecule has 192 valence electrons. The summed E-state index contributed by atoms with van der Waals surface area (Å²) in [6, 6.07) is 11.4. The Bertz CT molecular complexity index is 1240. The Morgan fingerprint density at radius 1 is 1.03 bits per heavy atom. The number of rotatable bonds is 12. The van der Waals surface area contributed by atoms with Crippen LogP contribution in [0, 0.1) is 10.1 Å².